The molecule has 0 spiro atoms. The van der Waals surface area contributed by atoms with Crippen LogP contribution < -0.4 is 0 Å². The van der Waals surface area contributed by atoms with Crippen molar-refractivity contribution in [2.24, 2.45) is 0 Å². The average molecular weight is 426 g/mol. The van der Waals surface area contributed by atoms with Gasteiger partial charge in [-0.2, -0.15) is 0 Å². The number of thiophene rings is 1. The monoisotopic (exact) mass is 425 g/mol. The number of hydrogen-bond acceptors (Lipinski definition) is 1. The molecule has 0 aliphatic heterocycles. The van der Waals surface area contributed by atoms with Gasteiger partial charge in [0, 0.05) is 36.5 Å². The third-order valence-corrected chi connectivity index (χ3v) is 7.56. The average Bonchev–Trinajstić information content (AvgIpc) is 3.39. The minimum absolute atomic E-state index is 1.21. The van der Waals surface area contributed by atoms with Crippen LogP contribution in [0.25, 0.3) is 58.8 Å². The van der Waals surface area contributed by atoms with Crippen molar-refractivity contribution < 1.29 is 0 Å². The first-order chi connectivity index (χ1) is 15.9. The fraction of sp³-hybridized carbons (Fsp3) is 0. The Labute approximate surface area is 189 Å². The van der Waals surface area contributed by atoms with E-state index in [1.54, 1.807) is 0 Å². The Balaban J connectivity index is 1.55. The SMILES string of the molecule is c1ccc(-n2c3ccccc3c3ccccc32)c(-c2ccc3sc4ccccc4c3c2)c1. The minimum atomic E-state index is 1.21. The highest BCUT2D eigenvalue weighted by atomic mass is 32.1. The van der Waals surface area contributed by atoms with Gasteiger partial charge in [-0.3, -0.25) is 0 Å². The first kappa shape index (κ1) is 17.8. The van der Waals surface area contributed by atoms with Crippen LogP contribution in [0.5, 0.6) is 0 Å². The van der Waals surface area contributed by atoms with E-state index in [4.69, 9.17) is 0 Å². The number of nitrogens with zero attached hydrogens (tertiary/aromatic N) is 1. The summed E-state index contributed by atoms with van der Waals surface area (Å²) < 4.78 is 5.09. The van der Waals surface area contributed by atoms with E-state index in [1.807, 2.05) is 11.3 Å². The zero-order valence-corrected chi connectivity index (χ0v) is 18.1. The van der Waals surface area contributed by atoms with Crippen LogP contribution in [0.2, 0.25) is 0 Å². The summed E-state index contributed by atoms with van der Waals surface area (Å²) >= 11 is 1.87. The van der Waals surface area contributed by atoms with Crippen molar-refractivity contribution in [3.05, 3.63) is 115 Å². The van der Waals surface area contributed by atoms with E-state index < -0.39 is 0 Å². The van der Waals surface area contributed by atoms with Gasteiger partial charge in [0.1, 0.15) is 0 Å². The molecule has 5 aromatic carbocycles. The summed E-state index contributed by atoms with van der Waals surface area (Å²) in [6.07, 6.45) is 0. The van der Waals surface area contributed by atoms with E-state index in [0.717, 1.165) is 0 Å². The van der Waals surface area contributed by atoms with E-state index in [0.29, 0.717) is 0 Å². The van der Waals surface area contributed by atoms with Crippen molar-refractivity contribution in [1.82, 2.24) is 4.57 Å². The summed E-state index contributed by atoms with van der Waals surface area (Å²) in [5.74, 6) is 0. The van der Waals surface area contributed by atoms with Crippen molar-refractivity contribution in [1.29, 1.82) is 0 Å². The number of benzene rings is 5. The topological polar surface area (TPSA) is 4.93 Å². The number of fused-ring (bicyclic) bond motifs is 6. The quantitative estimate of drug-likeness (QED) is 0.261. The van der Waals surface area contributed by atoms with Gasteiger partial charge in [-0.25, -0.2) is 0 Å². The summed E-state index contributed by atoms with van der Waals surface area (Å²) in [7, 11) is 0. The van der Waals surface area contributed by atoms with Gasteiger partial charge in [-0.15, -0.1) is 11.3 Å². The number of rotatable bonds is 2. The van der Waals surface area contributed by atoms with Crippen LogP contribution in [0.15, 0.2) is 115 Å². The molecule has 0 unspecified atom stereocenters. The zero-order valence-electron chi connectivity index (χ0n) is 17.3. The molecule has 2 heterocycles. The molecule has 0 fully saturated rings. The lowest BCUT2D eigenvalue weighted by atomic mass is 10.0. The van der Waals surface area contributed by atoms with Gasteiger partial charge in [0.15, 0.2) is 0 Å². The van der Waals surface area contributed by atoms with Crippen LogP contribution in [-0.4, -0.2) is 4.57 Å². The predicted octanol–water partition coefficient (Wildman–Crippen LogP) is 8.82. The molecule has 0 N–H and O–H groups in total. The third kappa shape index (κ3) is 2.50. The molecule has 150 valence electrons. The molecule has 0 aliphatic rings. The molecule has 7 rings (SSSR count). The lowest BCUT2D eigenvalue weighted by Crippen LogP contribution is -1.96. The molecular weight excluding hydrogens is 406 g/mol. The standard InChI is InChI=1S/C30H19NS/c1-5-13-26(31-27-14-6-2-10-22(27)23-11-3-7-15-28(23)31)21(9-1)20-17-18-30-25(19-20)24-12-4-8-16-29(24)32-30/h1-19H. The zero-order chi connectivity index (χ0) is 21.1. The molecule has 0 saturated carbocycles. The Kier molecular flexibility index (Phi) is 3.78. The van der Waals surface area contributed by atoms with Crippen molar-refractivity contribution in [2.75, 3.05) is 0 Å². The van der Waals surface area contributed by atoms with Crippen LogP contribution in [0, 0.1) is 0 Å². The van der Waals surface area contributed by atoms with Gasteiger partial charge in [0.05, 0.1) is 16.7 Å². The summed E-state index contributed by atoms with van der Waals surface area (Å²) in [4.78, 5) is 0. The lowest BCUT2D eigenvalue weighted by molar-refractivity contribution is 1.18. The van der Waals surface area contributed by atoms with Crippen LogP contribution >= 0.6 is 11.3 Å². The van der Waals surface area contributed by atoms with Crippen molar-refractivity contribution in [2.45, 2.75) is 0 Å². The second kappa shape index (κ2) is 6.81. The maximum Gasteiger partial charge on any atom is 0.0541 e. The van der Waals surface area contributed by atoms with Gasteiger partial charge >= 0.3 is 0 Å². The predicted molar refractivity (Wildman–Crippen MR) is 139 cm³/mol. The summed E-state index contributed by atoms with van der Waals surface area (Å²) in [6, 6.07) is 41.8. The molecule has 2 heteroatoms. The lowest BCUT2D eigenvalue weighted by Gasteiger charge is -2.14. The fourth-order valence-corrected chi connectivity index (χ4v) is 6.07. The molecule has 0 aliphatic carbocycles. The largest absolute Gasteiger partial charge is 0.309 e. The molecule has 7 aromatic rings. The smallest absolute Gasteiger partial charge is 0.0541 e. The Morgan fingerprint density at radius 1 is 0.469 bits per heavy atom. The van der Waals surface area contributed by atoms with E-state index >= 15 is 0 Å². The Morgan fingerprint density at radius 3 is 1.84 bits per heavy atom. The van der Waals surface area contributed by atoms with Gasteiger partial charge in [-0.1, -0.05) is 78.9 Å². The number of para-hydroxylation sites is 3. The molecule has 0 bridgehead atoms. The molecule has 0 saturated heterocycles. The third-order valence-electron chi connectivity index (χ3n) is 6.41. The molecule has 0 amide bonds. The summed E-state index contributed by atoms with van der Waals surface area (Å²) in [5.41, 5.74) is 6.19. The maximum absolute atomic E-state index is 2.41. The van der Waals surface area contributed by atoms with Crippen LogP contribution in [0.1, 0.15) is 0 Å². The number of hydrogen-bond donors (Lipinski definition) is 0. The minimum Gasteiger partial charge on any atom is -0.309 e. The maximum atomic E-state index is 2.41. The van der Waals surface area contributed by atoms with Gasteiger partial charge in [0.25, 0.3) is 0 Å². The van der Waals surface area contributed by atoms with Crippen molar-refractivity contribution in [3.8, 4) is 16.8 Å². The van der Waals surface area contributed by atoms with Crippen LogP contribution in [-0.2, 0) is 0 Å². The van der Waals surface area contributed by atoms with E-state index in [-0.39, 0.29) is 0 Å². The van der Waals surface area contributed by atoms with Gasteiger partial charge in [-0.05, 0) is 42.0 Å². The van der Waals surface area contributed by atoms with Gasteiger partial charge < -0.3 is 4.57 Å². The van der Waals surface area contributed by atoms with Gasteiger partial charge in [0.2, 0.25) is 0 Å². The second-order valence-corrected chi connectivity index (χ2v) is 9.28. The highest BCUT2D eigenvalue weighted by Gasteiger charge is 2.15. The van der Waals surface area contributed by atoms with Crippen molar-refractivity contribution in [3.63, 3.8) is 0 Å². The molecule has 0 radical (unpaired) electrons. The highest BCUT2D eigenvalue weighted by molar-refractivity contribution is 7.25. The molecule has 2 aromatic heterocycles. The molecule has 1 nitrogen and oxygen atoms in total. The first-order valence-corrected chi connectivity index (χ1v) is 11.7. The first-order valence-electron chi connectivity index (χ1n) is 10.9. The van der Waals surface area contributed by atoms with E-state index in [2.05, 4.69) is 120 Å². The molecule has 0 atom stereocenters. The second-order valence-electron chi connectivity index (χ2n) is 8.20. The number of aromatic nitrogens is 1. The Bertz CT molecular complexity index is 1730. The molecule has 32 heavy (non-hydrogen) atoms. The van der Waals surface area contributed by atoms with Crippen molar-refractivity contribution >= 4 is 53.3 Å². The van der Waals surface area contributed by atoms with E-state index in [1.165, 1.54) is 58.8 Å². The summed E-state index contributed by atoms with van der Waals surface area (Å²) in [5, 5.41) is 5.25. The van der Waals surface area contributed by atoms with Crippen LogP contribution in [0.4, 0.5) is 0 Å². The fourth-order valence-electron chi connectivity index (χ4n) is 4.99. The summed E-state index contributed by atoms with van der Waals surface area (Å²) in [6.45, 7) is 0. The normalized spacial score (nSPS) is 11.8. The van der Waals surface area contributed by atoms with Crippen LogP contribution in [0.3, 0.4) is 0 Å². The Morgan fingerprint density at radius 2 is 1.06 bits per heavy atom. The van der Waals surface area contributed by atoms with E-state index in [9.17, 15) is 0 Å². The highest BCUT2D eigenvalue weighted by Crippen LogP contribution is 2.39. The molecular formula is C30H19NS. The Hall–Kier alpha value is -3.88.